The lowest BCUT2D eigenvalue weighted by molar-refractivity contribution is 0.270. The summed E-state index contributed by atoms with van der Waals surface area (Å²) in [5, 5.41) is 10.2. The molecule has 1 aromatic carbocycles. The predicted molar refractivity (Wildman–Crippen MR) is 127 cm³/mol. The zero-order valence-corrected chi connectivity index (χ0v) is 19.5. The van der Waals surface area contributed by atoms with Crippen LogP contribution in [0.1, 0.15) is 30.7 Å². The minimum atomic E-state index is -0.615. The van der Waals surface area contributed by atoms with E-state index < -0.39 is 11.6 Å². The number of H-pyrrole nitrogens is 1. The van der Waals surface area contributed by atoms with Gasteiger partial charge in [-0.3, -0.25) is 5.10 Å². The van der Waals surface area contributed by atoms with Crippen LogP contribution in [0.15, 0.2) is 23.8 Å². The number of nitrogens with zero attached hydrogens (tertiary/aromatic N) is 5. The Labute approximate surface area is 196 Å². The highest BCUT2D eigenvalue weighted by Gasteiger charge is 2.24. The molecule has 5 rings (SSSR count). The van der Waals surface area contributed by atoms with E-state index in [0.29, 0.717) is 29.4 Å². The summed E-state index contributed by atoms with van der Waals surface area (Å²) in [6.07, 6.45) is 2.04. The van der Waals surface area contributed by atoms with Gasteiger partial charge in [0.2, 0.25) is 0 Å². The van der Waals surface area contributed by atoms with Crippen LogP contribution >= 0.6 is 0 Å². The maximum atomic E-state index is 15.2. The average Bonchev–Trinajstić information content (AvgIpc) is 3.42. The molecular weight excluding hydrogens is 440 g/mol. The van der Waals surface area contributed by atoms with Gasteiger partial charge in [-0.1, -0.05) is 18.6 Å². The topological polar surface area (TPSA) is 82.2 Å². The minimum absolute atomic E-state index is 0.0675. The van der Waals surface area contributed by atoms with Crippen molar-refractivity contribution < 1.29 is 13.5 Å². The Bertz CT molecular complexity index is 1250. The highest BCUT2D eigenvalue weighted by Crippen LogP contribution is 2.36. The number of benzene rings is 1. The lowest BCUT2D eigenvalue weighted by Gasteiger charge is -2.34. The molecule has 0 spiro atoms. The number of aryl methyl sites for hydroxylation is 1. The molecule has 2 N–H and O–H groups in total. The van der Waals surface area contributed by atoms with Gasteiger partial charge in [0.15, 0.2) is 17.4 Å². The highest BCUT2D eigenvalue weighted by atomic mass is 19.1. The Morgan fingerprint density at radius 3 is 2.56 bits per heavy atom. The molecule has 0 unspecified atom stereocenters. The molecule has 0 bridgehead atoms. The Kier molecular flexibility index (Phi) is 5.91. The molecule has 2 aromatic heterocycles. The van der Waals surface area contributed by atoms with Crippen LogP contribution in [0, 0.1) is 18.6 Å². The summed E-state index contributed by atoms with van der Waals surface area (Å²) in [5.41, 5.74) is 2.37. The number of halogens is 2. The van der Waals surface area contributed by atoms with E-state index in [9.17, 15) is 4.39 Å². The molecule has 0 atom stereocenters. The number of fused-ring (bicyclic) bond motifs is 1. The zero-order valence-electron chi connectivity index (χ0n) is 19.5. The van der Waals surface area contributed by atoms with Gasteiger partial charge in [-0.15, -0.1) is 0 Å². The third-order valence-corrected chi connectivity index (χ3v) is 6.17. The van der Waals surface area contributed by atoms with Crippen molar-refractivity contribution in [2.45, 2.75) is 27.2 Å². The lowest BCUT2D eigenvalue weighted by atomic mass is 10.1. The molecule has 1 saturated heterocycles. The van der Waals surface area contributed by atoms with Crippen LogP contribution in [0.4, 0.5) is 26.2 Å². The molecule has 34 heavy (non-hydrogen) atoms. The zero-order chi connectivity index (χ0) is 23.8. The van der Waals surface area contributed by atoms with E-state index in [4.69, 9.17) is 4.74 Å². The molecule has 0 saturated carbocycles. The molecule has 3 heterocycles. The number of hydrogen-bond donors (Lipinski definition) is 2. The second kappa shape index (κ2) is 9.02. The highest BCUT2D eigenvalue weighted by molar-refractivity contribution is 5.66. The van der Waals surface area contributed by atoms with Crippen LogP contribution in [0.2, 0.25) is 0 Å². The Balaban J connectivity index is 1.48. The van der Waals surface area contributed by atoms with Crippen molar-refractivity contribution in [2.75, 3.05) is 42.9 Å². The molecule has 0 radical (unpaired) electrons. The number of hydrogen-bond acceptors (Lipinski definition) is 7. The van der Waals surface area contributed by atoms with Gasteiger partial charge in [0.05, 0.1) is 0 Å². The van der Waals surface area contributed by atoms with Crippen molar-refractivity contribution in [1.29, 1.82) is 0 Å². The summed E-state index contributed by atoms with van der Waals surface area (Å²) >= 11 is 0. The molecule has 8 nitrogen and oxygen atoms in total. The van der Waals surface area contributed by atoms with Gasteiger partial charge in [-0.2, -0.15) is 15.1 Å². The Morgan fingerprint density at radius 2 is 1.85 bits per heavy atom. The number of nitrogens with one attached hydrogen (secondary N) is 2. The van der Waals surface area contributed by atoms with Crippen LogP contribution in [-0.4, -0.2) is 57.8 Å². The van der Waals surface area contributed by atoms with Crippen molar-refractivity contribution in [3.05, 3.63) is 52.2 Å². The standard InChI is InChI=1S/C24H27F2N7O/c1-4-32-5-7-33(8-6-32)22-13-20(27-21-11-15(3)30-31-21)28-24(29-22)34-19-12-18(25)16-9-14(2)10-17(16)23(19)26/h10-13H,4-9H2,1-3H3,(H2,27,28,29,30,31). The number of ether oxygens (including phenoxy) is 1. The number of aromatic amines is 1. The van der Waals surface area contributed by atoms with Gasteiger partial charge >= 0.3 is 6.01 Å². The summed E-state index contributed by atoms with van der Waals surface area (Å²) in [5.74, 6) is 0.319. The van der Waals surface area contributed by atoms with E-state index in [-0.39, 0.29) is 17.3 Å². The van der Waals surface area contributed by atoms with E-state index in [1.54, 1.807) is 6.08 Å². The van der Waals surface area contributed by atoms with Crippen molar-refractivity contribution in [3.63, 3.8) is 0 Å². The monoisotopic (exact) mass is 467 g/mol. The molecule has 1 aliphatic carbocycles. The molecule has 0 amide bonds. The third kappa shape index (κ3) is 4.45. The first-order valence-electron chi connectivity index (χ1n) is 11.4. The van der Waals surface area contributed by atoms with Gasteiger partial charge in [0, 0.05) is 61.2 Å². The number of anilines is 3. The quantitative estimate of drug-likeness (QED) is 0.555. The van der Waals surface area contributed by atoms with Gasteiger partial charge < -0.3 is 19.9 Å². The predicted octanol–water partition coefficient (Wildman–Crippen LogP) is 4.42. The van der Waals surface area contributed by atoms with Gasteiger partial charge in [-0.25, -0.2) is 8.78 Å². The van der Waals surface area contributed by atoms with E-state index in [0.717, 1.165) is 50.1 Å². The Hall–Kier alpha value is -3.53. The first-order valence-corrected chi connectivity index (χ1v) is 11.4. The van der Waals surface area contributed by atoms with Crippen molar-refractivity contribution in [1.82, 2.24) is 25.1 Å². The SMILES string of the molecule is CCN1CCN(c2cc(Nc3cc(C)[nH]n3)nc(Oc3cc(F)c4c(c3F)C=C(C)C4)n2)CC1. The van der Waals surface area contributed by atoms with Crippen molar-refractivity contribution in [3.8, 4) is 11.8 Å². The second-order valence-corrected chi connectivity index (χ2v) is 8.71. The minimum Gasteiger partial charge on any atom is -0.421 e. The van der Waals surface area contributed by atoms with Crippen LogP contribution in [0.5, 0.6) is 11.8 Å². The summed E-state index contributed by atoms with van der Waals surface area (Å²) in [7, 11) is 0. The molecular formula is C24H27F2N7O. The van der Waals surface area contributed by atoms with Gasteiger partial charge in [0.1, 0.15) is 17.5 Å². The van der Waals surface area contributed by atoms with Gasteiger partial charge in [-0.05, 0) is 26.8 Å². The van der Waals surface area contributed by atoms with Crippen molar-refractivity contribution >= 4 is 23.5 Å². The fourth-order valence-corrected chi connectivity index (χ4v) is 4.33. The fourth-order valence-electron chi connectivity index (χ4n) is 4.33. The van der Waals surface area contributed by atoms with Gasteiger partial charge in [0.25, 0.3) is 0 Å². The number of rotatable bonds is 6. The summed E-state index contributed by atoms with van der Waals surface area (Å²) < 4.78 is 35.6. The van der Waals surface area contributed by atoms with Crippen LogP contribution in [0.25, 0.3) is 6.08 Å². The summed E-state index contributed by atoms with van der Waals surface area (Å²) in [6, 6.07) is 4.65. The fraction of sp³-hybridized carbons (Fsp3) is 0.375. The average molecular weight is 468 g/mol. The first-order chi connectivity index (χ1) is 16.4. The molecule has 10 heteroatoms. The molecule has 2 aliphatic rings. The molecule has 1 aliphatic heterocycles. The Morgan fingerprint density at radius 1 is 1.06 bits per heavy atom. The number of likely N-dealkylation sites (N-methyl/N-ethyl adjacent to an activating group) is 1. The maximum absolute atomic E-state index is 15.2. The third-order valence-electron chi connectivity index (χ3n) is 6.17. The van der Waals surface area contributed by atoms with Crippen LogP contribution in [0.3, 0.4) is 0 Å². The number of piperazine rings is 1. The smallest absolute Gasteiger partial charge is 0.326 e. The summed E-state index contributed by atoms with van der Waals surface area (Å²) in [4.78, 5) is 13.4. The maximum Gasteiger partial charge on any atom is 0.326 e. The van der Waals surface area contributed by atoms with Crippen LogP contribution in [-0.2, 0) is 6.42 Å². The lowest BCUT2D eigenvalue weighted by Crippen LogP contribution is -2.46. The largest absolute Gasteiger partial charge is 0.421 e. The summed E-state index contributed by atoms with van der Waals surface area (Å²) in [6.45, 7) is 10.3. The number of allylic oxidation sites excluding steroid dienone is 1. The van der Waals surface area contributed by atoms with Crippen LogP contribution < -0.4 is 15.0 Å². The molecule has 3 aromatic rings. The molecule has 178 valence electrons. The van der Waals surface area contributed by atoms with Crippen molar-refractivity contribution in [2.24, 2.45) is 0 Å². The second-order valence-electron chi connectivity index (χ2n) is 8.71. The van der Waals surface area contributed by atoms with E-state index in [1.807, 2.05) is 26.0 Å². The number of aromatic nitrogens is 4. The van der Waals surface area contributed by atoms with E-state index >= 15 is 4.39 Å². The van der Waals surface area contributed by atoms with E-state index in [1.165, 1.54) is 0 Å². The van der Waals surface area contributed by atoms with E-state index in [2.05, 4.69) is 42.2 Å². The molecule has 1 fully saturated rings. The normalized spacial score (nSPS) is 15.9. The first kappa shape index (κ1) is 22.3.